The molecule has 2 aliphatic rings. The van der Waals surface area contributed by atoms with Crippen LogP contribution in [0.3, 0.4) is 0 Å². The number of β-lactam (4-membered cyclic amide) rings is 1. The van der Waals surface area contributed by atoms with Crippen LogP contribution < -0.4 is 0 Å². The molecular formula is C15H23N3OS. The molecule has 1 amide bonds. The third-order valence-electron chi connectivity index (χ3n) is 4.89. The first-order valence-corrected chi connectivity index (χ1v) is 8.43. The van der Waals surface area contributed by atoms with Crippen LogP contribution in [0.1, 0.15) is 38.0 Å². The molecule has 0 unspecified atom stereocenters. The molecule has 5 heteroatoms. The van der Waals surface area contributed by atoms with Crippen LogP contribution >= 0.6 is 11.3 Å². The number of piperidine rings is 1. The lowest BCUT2D eigenvalue weighted by Gasteiger charge is -2.54. The van der Waals surface area contributed by atoms with E-state index in [4.69, 9.17) is 0 Å². The molecule has 0 saturated carbocycles. The van der Waals surface area contributed by atoms with E-state index < -0.39 is 0 Å². The van der Waals surface area contributed by atoms with E-state index in [2.05, 4.69) is 23.7 Å². The first-order chi connectivity index (χ1) is 9.64. The summed E-state index contributed by atoms with van der Waals surface area (Å²) in [5.74, 6) is 0.360. The first kappa shape index (κ1) is 14.0. The van der Waals surface area contributed by atoms with Gasteiger partial charge in [0.25, 0.3) is 0 Å². The van der Waals surface area contributed by atoms with Gasteiger partial charge in [-0.2, -0.15) is 0 Å². The molecular weight excluding hydrogens is 270 g/mol. The van der Waals surface area contributed by atoms with Crippen LogP contribution in [0.15, 0.2) is 11.7 Å². The maximum Gasteiger partial charge on any atom is 0.232 e. The molecule has 20 heavy (non-hydrogen) atoms. The van der Waals surface area contributed by atoms with Crippen molar-refractivity contribution in [2.45, 2.75) is 45.7 Å². The highest BCUT2D eigenvalue weighted by molar-refractivity contribution is 7.09. The van der Waals surface area contributed by atoms with Crippen molar-refractivity contribution in [1.82, 2.24) is 14.8 Å². The Labute approximate surface area is 124 Å². The third-order valence-corrected chi connectivity index (χ3v) is 5.65. The van der Waals surface area contributed by atoms with Crippen molar-refractivity contribution in [3.63, 3.8) is 0 Å². The lowest BCUT2D eigenvalue weighted by atomic mass is 9.72. The number of nitrogens with zero attached hydrogens (tertiary/aromatic N) is 3. The number of carbonyl (C=O) groups excluding carboxylic acids is 1. The molecule has 110 valence electrons. The van der Waals surface area contributed by atoms with E-state index in [0.717, 1.165) is 45.4 Å². The molecule has 2 atom stereocenters. The summed E-state index contributed by atoms with van der Waals surface area (Å²) in [5.41, 5.74) is 1.76. The Morgan fingerprint density at radius 2 is 2.35 bits per heavy atom. The SMILES string of the molecule is CC[C@H](C)N1CCC[C@]2(CN(Cc3cncs3)C2=O)C1. The van der Waals surface area contributed by atoms with Gasteiger partial charge in [-0.15, -0.1) is 11.3 Å². The summed E-state index contributed by atoms with van der Waals surface area (Å²) in [6.07, 6.45) is 5.26. The molecule has 2 fully saturated rings. The molecule has 3 rings (SSSR count). The van der Waals surface area contributed by atoms with Gasteiger partial charge in [0.15, 0.2) is 0 Å². The Hall–Kier alpha value is -0.940. The Morgan fingerprint density at radius 1 is 1.50 bits per heavy atom. The van der Waals surface area contributed by atoms with E-state index in [1.165, 1.54) is 4.88 Å². The second-order valence-corrected chi connectivity index (χ2v) is 7.21. The van der Waals surface area contributed by atoms with E-state index in [0.29, 0.717) is 11.9 Å². The Bertz CT molecular complexity index is 475. The molecule has 3 heterocycles. The number of hydrogen-bond acceptors (Lipinski definition) is 4. The standard InChI is InChI=1S/C15H23N3OS/c1-3-12(2)17-6-4-5-15(9-17)10-18(14(15)19)8-13-7-16-11-20-13/h7,11-12H,3-6,8-10H2,1-2H3/t12-,15+/m0/s1. The zero-order chi connectivity index (χ0) is 14.2. The Balaban J connectivity index is 1.62. The van der Waals surface area contributed by atoms with Gasteiger partial charge in [-0.3, -0.25) is 14.7 Å². The molecule has 0 bridgehead atoms. The molecule has 4 nitrogen and oxygen atoms in total. The maximum absolute atomic E-state index is 12.6. The molecule has 0 radical (unpaired) electrons. The summed E-state index contributed by atoms with van der Waals surface area (Å²) in [6.45, 7) is 8.28. The largest absolute Gasteiger partial charge is 0.336 e. The Kier molecular flexibility index (Phi) is 3.82. The monoisotopic (exact) mass is 293 g/mol. The quantitative estimate of drug-likeness (QED) is 0.800. The van der Waals surface area contributed by atoms with Gasteiger partial charge in [0.05, 0.1) is 17.5 Å². The predicted molar refractivity (Wildman–Crippen MR) is 80.5 cm³/mol. The molecule has 1 aromatic heterocycles. The summed E-state index contributed by atoms with van der Waals surface area (Å²) in [4.78, 5) is 22.4. The normalized spacial score (nSPS) is 28.7. The predicted octanol–water partition coefficient (Wildman–Crippen LogP) is 2.37. The zero-order valence-electron chi connectivity index (χ0n) is 12.3. The third kappa shape index (κ3) is 2.37. The minimum absolute atomic E-state index is 0.0770. The molecule has 1 aromatic rings. The van der Waals surface area contributed by atoms with Crippen molar-refractivity contribution in [3.8, 4) is 0 Å². The van der Waals surface area contributed by atoms with Crippen molar-refractivity contribution in [2.75, 3.05) is 19.6 Å². The van der Waals surface area contributed by atoms with Crippen molar-refractivity contribution in [2.24, 2.45) is 5.41 Å². The topological polar surface area (TPSA) is 36.4 Å². The van der Waals surface area contributed by atoms with E-state index >= 15 is 0 Å². The highest BCUT2D eigenvalue weighted by Gasteiger charge is 2.53. The fourth-order valence-corrected chi connectivity index (χ4v) is 4.10. The van der Waals surface area contributed by atoms with Gasteiger partial charge in [-0.05, 0) is 32.7 Å². The zero-order valence-corrected chi connectivity index (χ0v) is 13.2. The number of aromatic nitrogens is 1. The van der Waals surface area contributed by atoms with Gasteiger partial charge in [-0.1, -0.05) is 6.92 Å². The smallest absolute Gasteiger partial charge is 0.232 e. The van der Waals surface area contributed by atoms with Gasteiger partial charge in [0.1, 0.15) is 0 Å². The van der Waals surface area contributed by atoms with Crippen LogP contribution in [0.5, 0.6) is 0 Å². The van der Waals surface area contributed by atoms with E-state index in [9.17, 15) is 4.79 Å². The van der Waals surface area contributed by atoms with Crippen LogP contribution in [-0.4, -0.2) is 46.4 Å². The number of rotatable bonds is 4. The number of thiazole rings is 1. The van der Waals surface area contributed by atoms with Gasteiger partial charge in [0, 0.05) is 30.2 Å². The van der Waals surface area contributed by atoms with Crippen molar-refractivity contribution >= 4 is 17.2 Å². The number of likely N-dealkylation sites (tertiary alicyclic amines) is 2. The molecule has 0 aliphatic carbocycles. The number of hydrogen-bond donors (Lipinski definition) is 0. The average molecular weight is 293 g/mol. The van der Waals surface area contributed by atoms with E-state index in [1.807, 2.05) is 16.6 Å². The molecule has 2 saturated heterocycles. The maximum atomic E-state index is 12.6. The highest BCUT2D eigenvalue weighted by Crippen LogP contribution is 2.41. The van der Waals surface area contributed by atoms with Gasteiger partial charge in [-0.25, -0.2) is 0 Å². The summed E-state index contributed by atoms with van der Waals surface area (Å²) in [6, 6.07) is 0.593. The van der Waals surface area contributed by atoms with Crippen LogP contribution in [0.25, 0.3) is 0 Å². The molecule has 0 N–H and O–H groups in total. The van der Waals surface area contributed by atoms with Crippen molar-refractivity contribution in [1.29, 1.82) is 0 Å². The first-order valence-electron chi connectivity index (χ1n) is 7.55. The van der Waals surface area contributed by atoms with E-state index in [1.54, 1.807) is 11.3 Å². The molecule has 0 aromatic carbocycles. The fraction of sp³-hybridized carbons (Fsp3) is 0.733. The summed E-state index contributed by atoms with van der Waals surface area (Å²) < 4.78 is 0. The highest BCUT2D eigenvalue weighted by atomic mass is 32.1. The number of carbonyl (C=O) groups is 1. The summed E-state index contributed by atoms with van der Waals surface area (Å²) in [5, 5.41) is 0. The van der Waals surface area contributed by atoms with Crippen LogP contribution in [0.2, 0.25) is 0 Å². The molecule has 1 spiro atoms. The van der Waals surface area contributed by atoms with Crippen LogP contribution in [-0.2, 0) is 11.3 Å². The van der Waals surface area contributed by atoms with Crippen molar-refractivity contribution < 1.29 is 4.79 Å². The lowest BCUT2D eigenvalue weighted by molar-refractivity contribution is -0.168. The van der Waals surface area contributed by atoms with Gasteiger partial charge >= 0.3 is 0 Å². The van der Waals surface area contributed by atoms with Gasteiger partial charge in [0.2, 0.25) is 5.91 Å². The fourth-order valence-electron chi connectivity index (χ4n) is 3.49. The lowest BCUT2D eigenvalue weighted by Crippen LogP contribution is -2.67. The van der Waals surface area contributed by atoms with Crippen molar-refractivity contribution in [3.05, 3.63) is 16.6 Å². The van der Waals surface area contributed by atoms with Crippen LogP contribution in [0, 0.1) is 5.41 Å². The second kappa shape index (κ2) is 5.45. The Morgan fingerprint density at radius 3 is 3.00 bits per heavy atom. The minimum Gasteiger partial charge on any atom is -0.336 e. The summed E-state index contributed by atoms with van der Waals surface area (Å²) >= 11 is 1.63. The average Bonchev–Trinajstić information content (AvgIpc) is 2.99. The summed E-state index contributed by atoms with van der Waals surface area (Å²) in [7, 11) is 0. The minimum atomic E-state index is -0.0770. The van der Waals surface area contributed by atoms with Crippen LogP contribution in [0.4, 0.5) is 0 Å². The molecule has 2 aliphatic heterocycles. The number of amides is 1. The van der Waals surface area contributed by atoms with Gasteiger partial charge < -0.3 is 4.90 Å². The van der Waals surface area contributed by atoms with E-state index in [-0.39, 0.29) is 5.41 Å². The second-order valence-electron chi connectivity index (χ2n) is 6.24.